The molecule has 0 radical (unpaired) electrons. The average molecular weight is 286 g/mol. The summed E-state index contributed by atoms with van der Waals surface area (Å²) in [4.78, 5) is 12.5. The summed E-state index contributed by atoms with van der Waals surface area (Å²) in [6.07, 6.45) is 5.19. The number of nitrogens with zero attached hydrogens (tertiary/aromatic N) is 2. The van der Waals surface area contributed by atoms with Crippen LogP contribution >= 0.6 is 0 Å². The van der Waals surface area contributed by atoms with Crippen molar-refractivity contribution in [3.63, 3.8) is 0 Å². The highest BCUT2D eigenvalue weighted by molar-refractivity contribution is 6.12. The maximum atomic E-state index is 13.3. The first-order chi connectivity index (χ1) is 10.2. The Morgan fingerprint density at radius 3 is 3.00 bits per heavy atom. The molecule has 4 rings (SSSR count). The van der Waals surface area contributed by atoms with Crippen LogP contribution in [-0.4, -0.2) is 22.2 Å². The Balaban J connectivity index is 1.76. The smallest absolute Gasteiger partial charge is 0.196 e. The van der Waals surface area contributed by atoms with Gasteiger partial charge in [0.1, 0.15) is 12.0 Å². The molecule has 1 fully saturated rings. The molecule has 0 spiro atoms. The molecule has 108 valence electrons. The molecule has 1 aliphatic heterocycles. The fourth-order valence-corrected chi connectivity index (χ4v) is 3.16. The third-order valence-corrected chi connectivity index (χ3v) is 4.25. The van der Waals surface area contributed by atoms with E-state index in [1.807, 2.05) is 4.68 Å². The Morgan fingerprint density at radius 2 is 2.19 bits per heavy atom. The Hall–Kier alpha value is -2.01. The number of ether oxygens (including phenoxy) is 1. The Bertz CT molecular complexity index is 717. The lowest BCUT2D eigenvalue weighted by atomic mass is 9.89. The molecular formula is C16H15FN2O2. The summed E-state index contributed by atoms with van der Waals surface area (Å²) in [6, 6.07) is 4.40. The molecular weight excluding hydrogens is 271 g/mol. The van der Waals surface area contributed by atoms with Gasteiger partial charge in [-0.25, -0.2) is 9.07 Å². The van der Waals surface area contributed by atoms with Crippen LogP contribution in [0.25, 0.3) is 0 Å². The van der Waals surface area contributed by atoms with Crippen LogP contribution in [0.4, 0.5) is 4.39 Å². The number of halogens is 1. The molecule has 5 heteroatoms. The Kier molecular flexibility index (Phi) is 2.89. The van der Waals surface area contributed by atoms with E-state index in [0.29, 0.717) is 17.5 Å². The van der Waals surface area contributed by atoms with E-state index in [1.165, 1.54) is 12.1 Å². The SMILES string of the molecule is O=C1c2cc(F)ccc2Cc2c1cnn2C1CCCCO1. The molecule has 0 amide bonds. The van der Waals surface area contributed by atoms with Crippen LogP contribution in [0, 0.1) is 5.82 Å². The minimum Gasteiger partial charge on any atom is -0.357 e. The van der Waals surface area contributed by atoms with E-state index in [1.54, 1.807) is 12.3 Å². The lowest BCUT2D eigenvalue weighted by Gasteiger charge is -2.26. The van der Waals surface area contributed by atoms with Gasteiger partial charge < -0.3 is 4.74 Å². The van der Waals surface area contributed by atoms with Crippen molar-refractivity contribution in [2.45, 2.75) is 31.9 Å². The maximum Gasteiger partial charge on any atom is 0.196 e. The predicted octanol–water partition coefficient (Wildman–Crippen LogP) is 2.86. The van der Waals surface area contributed by atoms with Gasteiger partial charge in [0.25, 0.3) is 0 Å². The highest BCUT2D eigenvalue weighted by atomic mass is 19.1. The van der Waals surface area contributed by atoms with Crippen molar-refractivity contribution in [3.05, 3.63) is 52.6 Å². The molecule has 1 unspecified atom stereocenters. The van der Waals surface area contributed by atoms with Gasteiger partial charge in [-0.3, -0.25) is 4.79 Å². The monoisotopic (exact) mass is 286 g/mol. The second kappa shape index (κ2) is 4.77. The van der Waals surface area contributed by atoms with E-state index in [4.69, 9.17) is 4.74 Å². The number of carbonyl (C=O) groups is 1. The summed E-state index contributed by atoms with van der Waals surface area (Å²) < 4.78 is 20.9. The molecule has 1 atom stereocenters. The third kappa shape index (κ3) is 2.00. The van der Waals surface area contributed by atoms with Gasteiger partial charge in [0.2, 0.25) is 0 Å². The molecule has 21 heavy (non-hydrogen) atoms. The lowest BCUT2D eigenvalue weighted by molar-refractivity contribution is -0.0409. The summed E-state index contributed by atoms with van der Waals surface area (Å²) in [6.45, 7) is 0.731. The van der Waals surface area contributed by atoms with Gasteiger partial charge in [-0.1, -0.05) is 6.07 Å². The van der Waals surface area contributed by atoms with Crippen molar-refractivity contribution in [1.82, 2.24) is 9.78 Å². The highest BCUT2D eigenvalue weighted by Gasteiger charge is 2.30. The number of fused-ring (bicyclic) bond motifs is 2. The molecule has 2 aliphatic rings. The first-order valence-electron chi connectivity index (χ1n) is 7.25. The summed E-state index contributed by atoms with van der Waals surface area (Å²) in [7, 11) is 0. The normalized spacial score (nSPS) is 21.0. The third-order valence-electron chi connectivity index (χ3n) is 4.25. The topological polar surface area (TPSA) is 44.1 Å². The molecule has 1 aliphatic carbocycles. The van der Waals surface area contributed by atoms with Crippen LogP contribution in [0.3, 0.4) is 0 Å². The van der Waals surface area contributed by atoms with Crippen molar-refractivity contribution in [2.24, 2.45) is 0 Å². The number of rotatable bonds is 1. The fourth-order valence-electron chi connectivity index (χ4n) is 3.16. The minimum atomic E-state index is -0.381. The van der Waals surface area contributed by atoms with E-state index >= 15 is 0 Å². The predicted molar refractivity (Wildman–Crippen MR) is 73.7 cm³/mol. The quantitative estimate of drug-likeness (QED) is 0.691. The van der Waals surface area contributed by atoms with E-state index in [-0.39, 0.29) is 17.8 Å². The van der Waals surface area contributed by atoms with Gasteiger partial charge in [0.15, 0.2) is 5.78 Å². The highest BCUT2D eigenvalue weighted by Crippen LogP contribution is 2.31. The van der Waals surface area contributed by atoms with Gasteiger partial charge in [0.05, 0.1) is 17.5 Å². The van der Waals surface area contributed by atoms with E-state index in [9.17, 15) is 9.18 Å². The summed E-state index contributed by atoms with van der Waals surface area (Å²) in [5.74, 6) is -0.527. The van der Waals surface area contributed by atoms with Crippen LogP contribution in [0.15, 0.2) is 24.4 Å². The molecule has 1 aromatic carbocycles. The zero-order valence-corrected chi connectivity index (χ0v) is 11.5. The first kappa shape index (κ1) is 12.7. The number of ketones is 1. The largest absolute Gasteiger partial charge is 0.357 e. The van der Waals surface area contributed by atoms with Gasteiger partial charge >= 0.3 is 0 Å². The van der Waals surface area contributed by atoms with E-state index in [2.05, 4.69) is 5.10 Å². The van der Waals surface area contributed by atoms with Crippen molar-refractivity contribution >= 4 is 5.78 Å². The number of benzene rings is 1. The Morgan fingerprint density at radius 1 is 1.29 bits per heavy atom. The molecule has 2 aromatic rings. The van der Waals surface area contributed by atoms with Crippen LogP contribution in [0.5, 0.6) is 0 Å². The summed E-state index contributed by atoms with van der Waals surface area (Å²) >= 11 is 0. The number of hydrogen-bond donors (Lipinski definition) is 0. The standard InChI is InChI=1S/C16H15FN2O2/c17-11-5-4-10-7-14-13(16(20)12(10)8-11)9-18-19(14)15-3-1-2-6-21-15/h4-5,8-9,15H,1-3,6-7H2. The fraction of sp³-hybridized carbons (Fsp3) is 0.375. The van der Waals surface area contributed by atoms with Crippen molar-refractivity contribution < 1.29 is 13.9 Å². The number of aromatic nitrogens is 2. The molecule has 0 N–H and O–H groups in total. The average Bonchev–Trinajstić information content (AvgIpc) is 2.93. The molecule has 1 saturated heterocycles. The molecule has 0 bridgehead atoms. The maximum absolute atomic E-state index is 13.3. The van der Waals surface area contributed by atoms with E-state index in [0.717, 1.165) is 37.1 Å². The zero-order valence-electron chi connectivity index (χ0n) is 11.5. The van der Waals surface area contributed by atoms with Crippen molar-refractivity contribution in [2.75, 3.05) is 6.61 Å². The zero-order chi connectivity index (χ0) is 14.4. The van der Waals surface area contributed by atoms with Gasteiger partial charge in [-0.05, 0) is 37.0 Å². The van der Waals surface area contributed by atoms with Crippen LogP contribution in [0.2, 0.25) is 0 Å². The summed E-state index contributed by atoms with van der Waals surface area (Å²) in [5.41, 5.74) is 2.76. The molecule has 1 aromatic heterocycles. The van der Waals surface area contributed by atoms with Crippen LogP contribution in [0.1, 0.15) is 52.7 Å². The van der Waals surface area contributed by atoms with Gasteiger partial charge in [-0.15, -0.1) is 0 Å². The first-order valence-corrected chi connectivity index (χ1v) is 7.25. The van der Waals surface area contributed by atoms with Gasteiger partial charge in [0, 0.05) is 18.6 Å². The summed E-state index contributed by atoms with van der Waals surface area (Å²) in [5, 5.41) is 4.35. The van der Waals surface area contributed by atoms with Crippen LogP contribution < -0.4 is 0 Å². The van der Waals surface area contributed by atoms with E-state index < -0.39 is 0 Å². The lowest BCUT2D eigenvalue weighted by Crippen LogP contribution is -2.23. The molecule has 2 heterocycles. The Labute approximate surface area is 121 Å². The van der Waals surface area contributed by atoms with Crippen molar-refractivity contribution in [1.29, 1.82) is 0 Å². The molecule has 4 nitrogen and oxygen atoms in total. The molecule has 0 saturated carbocycles. The second-order valence-corrected chi connectivity index (χ2v) is 5.58. The van der Waals surface area contributed by atoms with Gasteiger partial charge in [-0.2, -0.15) is 5.10 Å². The number of hydrogen-bond acceptors (Lipinski definition) is 3. The second-order valence-electron chi connectivity index (χ2n) is 5.58. The van der Waals surface area contributed by atoms with Crippen molar-refractivity contribution in [3.8, 4) is 0 Å². The number of carbonyl (C=O) groups excluding carboxylic acids is 1. The minimum absolute atomic E-state index is 0.0858. The van der Waals surface area contributed by atoms with Crippen LogP contribution in [-0.2, 0) is 11.2 Å².